The number of amides is 3. The molecule has 9 N–H and O–H groups in total. The molecule has 0 rings (SSSR count). The van der Waals surface area contributed by atoms with Crippen molar-refractivity contribution in [3.63, 3.8) is 0 Å². The molecule has 3 amide bonds. The zero-order valence-corrected chi connectivity index (χ0v) is 12.9. The van der Waals surface area contributed by atoms with Crippen molar-refractivity contribution in [2.45, 2.75) is 31.2 Å². The molecule has 0 radical (unpaired) electrons. The van der Waals surface area contributed by atoms with Crippen LogP contribution in [0.3, 0.4) is 0 Å². The summed E-state index contributed by atoms with van der Waals surface area (Å²) in [4.78, 5) is 45.6. The first-order chi connectivity index (χ1) is 11.1. The molecule has 12 nitrogen and oxygen atoms in total. The van der Waals surface area contributed by atoms with Gasteiger partial charge in [0.2, 0.25) is 17.7 Å². The summed E-state index contributed by atoms with van der Waals surface area (Å²) >= 11 is 0. The molecule has 0 bridgehead atoms. The van der Waals surface area contributed by atoms with Gasteiger partial charge in [0.1, 0.15) is 18.1 Å². The number of carbonyl (C=O) groups is 4. The lowest BCUT2D eigenvalue weighted by Gasteiger charge is -2.22. The summed E-state index contributed by atoms with van der Waals surface area (Å²) in [5, 5.41) is 41.9. The van der Waals surface area contributed by atoms with E-state index in [2.05, 4.69) is 10.6 Å². The van der Waals surface area contributed by atoms with Gasteiger partial charge in [-0.25, -0.2) is 4.79 Å². The Morgan fingerprint density at radius 2 is 1.62 bits per heavy atom. The standard InChI is InChI=1S/C12H22N4O8/c1-5(19)9(11(22)15-7(4-18)12(23)24)16-8(20)2-14-10(21)6(13)3-17/h5-7,9,17-19H,2-4,13H2,1H3,(H,14,21)(H,15,22)(H,16,20)(H,23,24). The van der Waals surface area contributed by atoms with Crippen LogP contribution in [0, 0.1) is 0 Å². The lowest BCUT2D eigenvalue weighted by Crippen LogP contribution is -2.58. The summed E-state index contributed by atoms with van der Waals surface area (Å²) < 4.78 is 0. The van der Waals surface area contributed by atoms with E-state index >= 15 is 0 Å². The molecule has 138 valence electrons. The SMILES string of the molecule is CC(O)C(NC(=O)CNC(=O)C(N)CO)C(=O)NC(CO)C(=O)O. The molecule has 0 aromatic carbocycles. The minimum atomic E-state index is -1.60. The minimum Gasteiger partial charge on any atom is -0.480 e. The largest absolute Gasteiger partial charge is 0.480 e. The van der Waals surface area contributed by atoms with Crippen LogP contribution in [-0.4, -0.2) is 88.1 Å². The number of nitrogens with two attached hydrogens (primary N) is 1. The predicted molar refractivity (Wildman–Crippen MR) is 78.3 cm³/mol. The molecule has 0 spiro atoms. The number of hydrogen-bond donors (Lipinski definition) is 8. The van der Waals surface area contributed by atoms with Crippen molar-refractivity contribution in [1.82, 2.24) is 16.0 Å². The van der Waals surface area contributed by atoms with E-state index in [-0.39, 0.29) is 0 Å². The van der Waals surface area contributed by atoms with Crippen LogP contribution in [0.5, 0.6) is 0 Å². The fourth-order valence-electron chi connectivity index (χ4n) is 1.46. The number of carbonyl (C=O) groups excluding carboxylic acids is 3. The van der Waals surface area contributed by atoms with Gasteiger partial charge in [-0.15, -0.1) is 0 Å². The van der Waals surface area contributed by atoms with Crippen molar-refractivity contribution in [2.24, 2.45) is 5.73 Å². The summed E-state index contributed by atoms with van der Waals surface area (Å²) in [6.45, 7) is -0.897. The van der Waals surface area contributed by atoms with Crippen molar-refractivity contribution in [1.29, 1.82) is 0 Å². The minimum absolute atomic E-state index is 0.578. The number of aliphatic hydroxyl groups excluding tert-OH is 3. The molecule has 0 aliphatic heterocycles. The maximum Gasteiger partial charge on any atom is 0.328 e. The van der Waals surface area contributed by atoms with Crippen LogP contribution in [0.2, 0.25) is 0 Å². The average molecular weight is 350 g/mol. The molecule has 0 saturated carbocycles. The zero-order valence-electron chi connectivity index (χ0n) is 12.9. The van der Waals surface area contributed by atoms with Gasteiger partial charge in [0.05, 0.1) is 25.9 Å². The lowest BCUT2D eigenvalue weighted by atomic mass is 10.1. The fourth-order valence-corrected chi connectivity index (χ4v) is 1.46. The van der Waals surface area contributed by atoms with E-state index < -0.39 is 67.7 Å². The number of nitrogens with one attached hydrogen (secondary N) is 3. The first kappa shape index (κ1) is 21.7. The molecule has 4 unspecified atom stereocenters. The second-order valence-corrected chi connectivity index (χ2v) is 4.87. The highest BCUT2D eigenvalue weighted by molar-refractivity contribution is 5.92. The Morgan fingerprint density at radius 3 is 2.04 bits per heavy atom. The van der Waals surface area contributed by atoms with Crippen LogP contribution in [0.4, 0.5) is 0 Å². The van der Waals surface area contributed by atoms with Gasteiger partial charge in [-0.3, -0.25) is 14.4 Å². The number of aliphatic carboxylic acids is 1. The monoisotopic (exact) mass is 350 g/mol. The summed E-state index contributed by atoms with van der Waals surface area (Å²) in [6.07, 6.45) is -1.38. The van der Waals surface area contributed by atoms with Crippen molar-refractivity contribution >= 4 is 23.7 Å². The van der Waals surface area contributed by atoms with Gasteiger partial charge in [0.25, 0.3) is 0 Å². The Bertz CT molecular complexity index is 470. The number of carboxylic acid groups (broad SMARTS) is 1. The molecule has 0 saturated heterocycles. The van der Waals surface area contributed by atoms with Gasteiger partial charge in [0.15, 0.2) is 0 Å². The van der Waals surface area contributed by atoms with E-state index in [0.29, 0.717) is 0 Å². The number of carboxylic acids is 1. The van der Waals surface area contributed by atoms with E-state index in [1.807, 2.05) is 5.32 Å². The Kier molecular flexibility index (Phi) is 9.49. The molecule has 0 aliphatic rings. The highest BCUT2D eigenvalue weighted by atomic mass is 16.4. The quantitative estimate of drug-likeness (QED) is 0.189. The van der Waals surface area contributed by atoms with E-state index in [0.717, 1.165) is 0 Å². The normalized spacial score (nSPS) is 15.5. The molecule has 4 atom stereocenters. The van der Waals surface area contributed by atoms with Crippen LogP contribution < -0.4 is 21.7 Å². The fraction of sp³-hybridized carbons (Fsp3) is 0.667. The molecule has 0 fully saturated rings. The van der Waals surface area contributed by atoms with Gasteiger partial charge < -0.3 is 42.1 Å². The maximum absolute atomic E-state index is 11.9. The van der Waals surface area contributed by atoms with E-state index in [9.17, 15) is 24.3 Å². The first-order valence-electron chi connectivity index (χ1n) is 6.89. The Balaban J connectivity index is 4.67. The first-order valence-corrected chi connectivity index (χ1v) is 6.89. The molecule has 0 aromatic rings. The van der Waals surface area contributed by atoms with E-state index in [1.165, 1.54) is 6.92 Å². The predicted octanol–water partition coefficient (Wildman–Crippen LogP) is -5.15. The number of rotatable bonds is 10. The number of hydrogen-bond acceptors (Lipinski definition) is 8. The highest BCUT2D eigenvalue weighted by Gasteiger charge is 2.29. The molecular weight excluding hydrogens is 328 g/mol. The smallest absolute Gasteiger partial charge is 0.328 e. The van der Waals surface area contributed by atoms with Crippen molar-refractivity contribution in [3.05, 3.63) is 0 Å². The second kappa shape index (κ2) is 10.5. The molecule has 0 aliphatic carbocycles. The molecule has 0 aromatic heterocycles. The zero-order chi connectivity index (χ0) is 18.9. The van der Waals surface area contributed by atoms with Crippen LogP contribution in [0.25, 0.3) is 0 Å². The van der Waals surface area contributed by atoms with Crippen molar-refractivity contribution < 1.29 is 39.6 Å². The van der Waals surface area contributed by atoms with Gasteiger partial charge in [0, 0.05) is 0 Å². The summed E-state index contributed by atoms with van der Waals surface area (Å²) in [6, 6.07) is -4.32. The van der Waals surface area contributed by atoms with Gasteiger partial charge >= 0.3 is 5.97 Å². The van der Waals surface area contributed by atoms with Crippen molar-refractivity contribution in [2.75, 3.05) is 19.8 Å². The van der Waals surface area contributed by atoms with Crippen LogP contribution in [0.1, 0.15) is 6.92 Å². The molecule has 24 heavy (non-hydrogen) atoms. The number of aliphatic hydroxyl groups is 3. The lowest BCUT2D eigenvalue weighted by molar-refractivity contribution is -0.144. The van der Waals surface area contributed by atoms with E-state index in [1.54, 1.807) is 0 Å². The Hall–Kier alpha value is -2.28. The Labute approximate surface area is 137 Å². The van der Waals surface area contributed by atoms with Crippen molar-refractivity contribution in [3.8, 4) is 0 Å². The molecule has 12 heteroatoms. The third-order valence-electron chi connectivity index (χ3n) is 2.84. The van der Waals surface area contributed by atoms with E-state index in [4.69, 9.17) is 21.1 Å². The molecular formula is C12H22N4O8. The highest BCUT2D eigenvalue weighted by Crippen LogP contribution is 1.95. The van der Waals surface area contributed by atoms with Crippen LogP contribution >= 0.6 is 0 Å². The maximum atomic E-state index is 11.9. The second-order valence-electron chi connectivity index (χ2n) is 4.87. The topological polar surface area (TPSA) is 211 Å². The van der Waals surface area contributed by atoms with Gasteiger partial charge in [-0.1, -0.05) is 0 Å². The summed E-state index contributed by atoms with van der Waals surface area (Å²) in [5.74, 6) is -4.17. The molecule has 0 heterocycles. The van der Waals surface area contributed by atoms with Gasteiger partial charge in [-0.05, 0) is 6.92 Å². The third kappa shape index (κ3) is 7.32. The third-order valence-corrected chi connectivity index (χ3v) is 2.84. The van der Waals surface area contributed by atoms with Gasteiger partial charge in [-0.2, -0.15) is 0 Å². The average Bonchev–Trinajstić information content (AvgIpc) is 2.53. The summed E-state index contributed by atoms with van der Waals surface area (Å²) in [7, 11) is 0. The van der Waals surface area contributed by atoms with Crippen LogP contribution in [-0.2, 0) is 19.2 Å². The Morgan fingerprint density at radius 1 is 1.04 bits per heavy atom. The summed E-state index contributed by atoms with van der Waals surface area (Å²) in [5.41, 5.74) is 5.22. The van der Waals surface area contributed by atoms with Crippen LogP contribution in [0.15, 0.2) is 0 Å².